The molecule has 0 saturated carbocycles. The minimum atomic E-state index is -4.63. The number of alkyl halides is 3. The Morgan fingerprint density at radius 1 is 1.16 bits per heavy atom. The van der Waals surface area contributed by atoms with Crippen molar-refractivity contribution in [1.82, 2.24) is 4.98 Å². The average molecular weight is 511 g/mol. The number of para-hydroxylation sites is 1. The van der Waals surface area contributed by atoms with E-state index in [-0.39, 0.29) is 17.7 Å². The van der Waals surface area contributed by atoms with Gasteiger partial charge in [0.05, 0.1) is 17.0 Å². The Kier molecular flexibility index (Phi) is 7.30. The van der Waals surface area contributed by atoms with Crippen LogP contribution in [0.3, 0.4) is 0 Å². The van der Waals surface area contributed by atoms with E-state index in [0.29, 0.717) is 23.2 Å². The summed E-state index contributed by atoms with van der Waals surface area (Å²) in [5.74, 6) is -1.04. The lowest BCUT2D eigenvalue weighted by Gasteiger charge is -2.11. The van der Waals surface area contributed by atoms with Crippen molar-refractivity contribution in [1.29, 1.82) is 0 Å². The van der Waals surface area contributed by atoms with Gasteiger partial charge in [-0.05, 0) is 24.1 Å². The van der Waals surface area contributed by atoms with Gasteiger partial charge in [-0.3, -0.25) is 4.79 Å². The van der Waals surface area contributed by atoms with Crippen molar-refractivity contribution in [3.63, 3.8) is 0 Å². The van der Waals surface area contributed by atoms with E-state index in [0.717, 1.165) is 11.6 Å². The molecule has 4 rings (SSSR count). The number of rotatable bonds is 5. The lowest BCUT2D eigenvalue weighted by Crippen LogP contribution is -2.46. The number of carbonyl (C=O) groups excluding carboxylic acids is 1. The van der Waals surface area contributed by atoms with Crippen LogP contribution in [0.25, 0.3) is 0 Å². The van der Waals surface area contributed by atoms with Crippen LogP contribution in [0.2, 0.25) is 0 Å². The maximum absolute atomic E-state index is 13.1. The van der Waals surface area contributed by atoms with Crippen LogP contribution in [-0.2, 0) is 22.1 Å². The van der Waals surface area contributed by atoms with Crippen molar-refractivity contribution in [2.24, 2.45) is 15.7 Å². The van der Waals surface area contributed by atoms with Gasteiger partial charge in [0, 0.05) is 23.9 Å². The number of aromatic nitrogens is 1. The third-order valence-electron chi connectivity index (χ3n) is 5.35. The topological polar surface area (TPSA) is 148 Å². The highest BCUT2D eigenvalue weighted by Gasteiger charge is 2.33. The summed E-state index contributed by atoms with van der Waals surface area (Å²) < 4.78 is 44.5. The Labute approximate surface area is 209 Å². The number of aliphatic hydroxyl groups excluding tert-OH is 1. The normalized spacial score (nSPS) is 15.8. The second-order valence-corrected chi connectivity index (χ2v) is 7.89. The first kappa shape index (κ1) is 25.5. The van der Waals surface area contributed by atoms with Gasteiger partial charge in [0.25, 0.3) is 11.9 Å². The van der Waals surface area contributed by atoms with Crippen LogP contribution >= 0.6 is 0 Å². The summed E-state index contributed by atoms with van der Waals surface area (Å²) in [6, 6.07) is 16.5. The molecule has 37 heavy (non-hydrogen) atoms. The van der Waals surface area contributed by atoms with Crippen molar-refractivity contribution in [2.45, 2.75) is 18.8 Å². The summed E-state index contributed by atoms with van der Waals surface area (Å²) >= 11 is 0. The predicted molar refractivity (Wildman–Crippen MR) is 130 cm³/mol. The molecule has 0 fully saturated rings. The molecule has 1 aliphatic rings. The van der Waals surface area contributed by atoms with Crippen LogP contribution < -0.4 is 16.5 Å². The second kappa shape index (κ2) is 10.6. The second-order valence-electron chi connectivity index (χ2n) is 7.89. The van der Waals surface area contributed by atoms with E-state index in [1.807, 2.05) is 30.3 Å². The molecule has 0 spiro atoms. The number of carbonyl (C=O) groups is 1. The molecule has 0 bridgehead atoms. The van der Waals surface area contributed by atoms with Crippen LogP contribution in [0.15, 0.2) is 76.8 Å². The van der Waals surface area contributed by atoms with Gasteiger partial charge in [0.1, 0.15) is 0 Å². The molecule has 6 N–H and O–H groups in total. The molecule has 0 aliphatic carbocycles. The number of benzene rings is 2. The Balaban J connectivity index is 1.64. The molecule has 3 aromatic rings. The average Bonchev–Trinajstić information content (AvgIpc) is 3.00. The number of nitrogens with one attached hydrogen (secondary N) is 1. The van der Waals surface area contributed by atoms with Gasteiger partial charge in [-0.1, -0.05) is 48.5 Å². The van der Waals surface area contributed by atoms with Crippen LogP contribution in [0.4, 0.5) is 18.9 Å². The predicted octanol–water partition coefficient (Wildman–Crippen LogP) is 1.29. The van der Waals surface area contributed by atoms with Gasteiger partial charge in [-0.2, -0.15) is 18.2 Å². The summed E-state index contributed by atoms with van der Waals surface area (Å²) in [5.41, 5.74) is 7.16. The minimum absolute atomic E-state index is 0.00494. The number of aliphatic hydroxyl groups is 1. The molecule has 0 saturated heterocycles. The zero-order valence-corrected chi connectivity index (χ0v) is 19.2. The number of nitrogens with two attached hydrogens (primary N) is 2. The highest BCUT2D eigenvalue weighted by atomic mass is 19.4. The number of amides is 1. The number of fused-ring (bicyclic) bond motifs is 1. The number of benzodiazepines with no additional fused rings is 1. The summed E-state index contributed by atoms with van der Waals surface area (Å²) in [5, 5.41) is 17.9. The van der Waals surface area contributed by atoms with Crippen LogP contribution in [0.1, 0.15) is 27.9 Å². The fraction of sp³-hybridized carbons (Fsp3) is 0.160. The zero-order valence-electron chi connectivity index (χ0n) is 19.2. The molecule has 2 heterocycles. The monoisotopic (exact) mass is 511 g/mol. The molecule has 2 aromatic carbocycles. The molecule has 1 aliphatic heterocycles. The van der Waals surface area contributed by atoms with Crippen molar-refractivity contribution in [3.8, 4) is 0 Å². The third-order valence-corrected chi connectivity index (χ3v) is 5.35. The summed E-state index contributed by atoms with van der Waals surface area (Å²) in [6.45, 7) is -0.452. The van der Waals surface area contributed by atoms with E-state index in [1.165, 1.54) is 0 Å². The molecule has 12 heteroatoms. The Morgan fingerprint density at radius 3 is 2.57 bits per heavy atom. The van der Waals surface area contributed by atoms with Gasteiger partial charge in [-0.15, -0.1) is 0 Å². The Morgan fingerprint density at radius 2 is 1.86 bits per heavy atom. The van der Waals surface area contributed by atoms with Crippen LogP contribution in [0.5, 0.6) is 0 Å². The maximum atomic E-state index is 13.1. The number of aliphatic imine (C=N–C) groups is 2. The molecule has 0 radical (unpaired) electrons. The summed E-state index contributed by atoms with van der Waals surface area (Å²) in [4.78, 5) is 25.2. The van der Waals surface area contributed by atoms with E-state index in [1.54, 1.807) is 24.3 Å². The van der Waals surface area contributed by atoms with Crippen molar-refractivity contribution < 1.29 is 33.2 Å². The smallest absolute Gasteiger partial charge is 0.396 e. The van der Waals surface area contributed by atoms with Gasteiger partial charge in [-0.25, -0.2) is 15.4 Å². The fourth-order valence-electron chi connectivity index (χ4n) is 3.67. The van der Waals surface area contributed by atoms with Gasteiger partial charge in [0.15, 0.2) is 5.69 Å². The zero-order chi connectivity index (χ0) is 26.6. The van der Waals surface area contributed by atoms with E-state index in [9.17, 15) is 23.1 Å². The van der Waals surface area contributed by atoms with Crippen molar-refractivity contribution >= 4 is 29.2 Å². The minimum Gasteiger partial charge on any atom is -0.396 e. The van der Waals surface area contributed by atoms with Crippen molar-refractivity contribution in [3.05, 3.63) is 94.8 Å². The molecular weight excluding hydrogens is 489 g/mol. The number of hydrogen-bond donors (Lipinski definition) is 4. The highest BCUT2D eigenvalue weighted by Crippen LogP contribution is 2.30. The number of nitrogens with zero attached hydrogens (tertiary/aromatic N) is 3. The van der Waals surface area contributed by atoms with Gasteiger partial charge >= 0.3 is 12.1 Å². The van der Waals surface area contributed by atoms with E-state index >= 15 is 0 Å². The molecular formula is C25H22F3N6O3+. The fourth-order valence-corrected chi connectivity index (χ4v) is 3.67. The molecule has 1 atom stereocenters. The summed E-state index contributed by atoms with van der Waals surface area (Å²) in [6.07, 6.45) is -5.56. The first-order valence-electron chi connectivity index (χ1n) is 11.0. The largest absolute Gasteiger partial charge is 0.417 e. The van der Waals surface area contributed by atoms with E-state index in [2.05, 4.69) is 20.3 Å². The third kappa shape index (κ3) is 5.81. The van der Waals surface area contributed by atoms with Gasteiger partial charge in [0.2, 0.25) is 6.17 Å². The standard InChI is InChI=1S/C25H21F3N6O3/c26-25(27,28)16-12-15(10-11-35)20(31-13-16)21(29)37-24(30)34-22-23(36)32-18-9-5-4-8-17(18)19(33-22)14-6-2-1-3-7-14/h1-9,12-13,22,29,35H,10-11H2,(H2,30,34)(H,32,36)/p+1. The Bertz CT molecular complexity index is 1390. The number of anilines is 1. The first-order chi connectivity index (χ1) is 17.7. The van der Waals surface area contributed by atoms with Gasteiger partial charge < -0.3 is 20.9 Å². The molecule has 1 aromatic heterocycles. The lowest BCUT2D eigenvalue weighted by molar-refractivity contribution is -0.138. The lowest BCUT2D eigenvalue weighted by atomic mass is 10.0. The first-order valence-corrected chi connectivity index (χ1v) is 11.0. The number of amidine groups is 1. The van der Waals surface area contributed by atoms with Crippen LogP contribution in [0, 0.1) is 0 Å². The SMILES string of the molecule is N/C(=N\C1N=C(c2ccccc2)c2ccccc2NC1=O)OC(=[NH2+])c1ncc(C(F)(F)F)cc1CCO. The number of ether oxygens (including phenoxy) is 1. The highest BCUT2D eigenvalue weighted by molar-refractivity contribution is 6.19. The molecule has 1 unspecified atom stereocenters. The number of halogens is 3. The molecule has 190 valence electrons. The number of hydrogen-bond acceptors (Lipinski definition) is 6. The van der Waals surface area contributed by atoms with E-state index < -0.39 is 42.3 Å². The summed E-state index contributed by atoms with van der Waals surface area (Å²) in [7, 11) is 0. The Hall–Kier alpha value is -4.58. The molecule has 9 nitrogen and oxygen atoms in total. The number of pyridine rings is 1. The maximum Gasteiger partial charge on any atom is 0.417 e. The quantitative estimate of drug-likeness (QED) is 0.301. The van der Waals surface area contributed by atoms with Crippen LogP contribution in [-0.4, -0.2) is 46.4 Å². The molecule has 1 amide bonds. The van der Waals surface area contributed by atoms with Crippen molar-refractivity contribution in [2.75, 3.05) is 11.9 Å². The van der Waals surface area contributed by atoms with E-state index in [4.69, 9.17) is 15.9 Å².